The van der Waals surface area contributed by atoms with E-state index in [9.17, 15) is 9.59 Å². The zero-order valence-corrected chi connectivity index (χ0v) is 13.9. The molecule has 0 saturated heterocycles. The molecule has 118 valence electrons. The van der Waals surface area contributed by atoms with Crippen LogP contribution in [0.4, 0.5) is 0 Å². The van der Waals surface area contributed by atoms with Crippen LogP contribution in [-0.4, -0.2) is 25.8 Å². The molecule has 1 heterocycles. The van der Waals surface area contributed by atoms with Crippen LogP contribution in [0.25, 0.3) is 0 Å². The van der Waals surface area contributed by atoms with Crippen LogP contribution in [0, 0.1) is 0 Å². The van der Waals surface area contributed by atoms with Gasteiger partial charge in [0.25, 0.3) is 0 Å². The number of thioether (sulfide) groups is 1. The van der Waals surface area contributed by atoms with Crippen LogP contribution in [0.3, 0.4) is 0 Å². The number of ketones is 1. The van der Waals surface area contributed by atoms with Gasteiger partial charge >= 0.3 is 5.69 Å². The number of nitrogens with zero attached hydrogens (tertiary/aromatic N) is 2. The molecular formula is C16H21N3O2S. The summed E-state index contributed by atoms with van der Waals surface area (Å²) in [6.45, 7) is 6.53. The summed E-state index contributed by atoms with van der Waals surface area (Å²) in [6, 6.07) is 7.68. The molecule has 1 aromatic heterocycles. The number of aromatic amines is 1. The number of hydrogen-bond acceptors (Lipinski definition) is 4. The highest BCUT2D eigenvalue weighted by Gasteiger charge is 2.20. The lowest BCUT2D eigenvalue weighted by Gasteiger charge is -2.10. The Hall–Kier alpha value is -1.82. The maximum absolute atomic E-state index is 12.5. The molecule has 1 atom stereocenters. The monoisotopic (exact) mass is 319 g/mol. The van der Waals surface area contributed by atoms with Crippen molar-refractivity contribution in [3.63, 3.8) is 0 Å². The van der Waals surface area contributed by atoms with Gasteiger partial charge in [-0.15, -0.1) is 5.10 Å². The molecule has 2 aromatic rings. The largest absolute Gasteiger partial charge is 0.343 e. The van der Waals surface area contributed by atoms with E-state index in [-0.39, 0.29) is 16.7 Å². The molecule has 0 amide bonds. The summed E-state index contributed by atoms with van der Waals surface area (Å²) in [4.78, 5) is 24.1. The van der Waals surface area contributed by atoms with Gasteiger partial charge in [0.1, 0.15) is 0 Å². The molecule has 0 radical (unpaired) electrons. The summed E-state index contributed by atoms with van der Waals surface area (Å²) >= 11 is 1.31. The number of Topliss-reactive ketones (excluding diaryl/α,β-unsaturated/α-hetero) is 1. The van der Waals surface area contributed by atoms with Crippen molar-refractivity contribution in [1.82, 2.24) is 14.8 Å². The molecule has 0 unspecified atom stereocenters. The third kappa shape index (κ3) is 3.68. The highest BCUT2D eigenvalue weighted by molar-refractivity contribution is 8.00. The molecule has 22 heavy (non-hydrogen) atoms. The first-order valence-corrected chi connectivity index (χ1v) is 8.39. The predicted octanol–water partition coefficient (Wildman–Crippen LogP) is 2.91. The number of carbonyl (C=O) groups excluding carboxylic acids is 1. The summed E-state index contributed by atoms with van der Waals surface area (Å²) in [5, 5.41) is 6.73. The maximum atomic E-state index is 12.5. The summed E-state index contributed by atoms with van der Waals surface area (Å²) < 4.78 is 1.58. The third-order valence-electron chi connectivity index (χ3n) is 3.47. The minimum absolute atomic E-state index is 0.0474. The lowest BCUT2D eigenvalue weighted by atomic mass is 10.1. The molecule has 0 bridgehead atoms. The Kier molecular flexibility index (Phi) is 5.60. The molecule has 1 N–H and O–H groups in total. The van der Waals surface area contributed by atoms with Crippen LogP contribution in [-0.2, 0) is 13.0 Å². The van der Waals surface area contributed by atoms with Gasteiger partial charge < -0.3 is 0 Å². The molecule has 6 heteroatoms. The Morgan fingerprint density at radius 1 is 1.32 bits per heavy atom. The fraction of sp³-hybridized carbons (Fsp3) is 0.438. The second-order valence-electron chi connectivity index (χ2n) is 5.14. The third-order valence-corrected chi connectivity index (χ3v) is 4.56. The van der Waals surface area contributed by atoms with E-state index in [0.29, 0.717) is 17.3 Å². The summed E-state index contributed by atoms with van der Waals surface area (Å²) in [5.41, 5.74) is 1.68. The van der Waals surface area contributed by atoms with E-state index in [1.807, 2.05) is 38.1 Å². The molecule has 0 aliphatic rings. The number of benzene rings is 1. The number of hydrogen-bond donors (Lipinski definition) is 1. The van der Waals surface area contributed by atoms with E-state index in [1.54, 1.807) is 4.57 Å². The molecule has 0 aliphatic carbocycles. The zero-order chi connectivity index (χ0) is 16.1. The van der Waals surface area contributed by atoms with Gasteiger partial charge in [-0.25, -0.2) is 9.89 Å². The van der Waals surface area contributed by atoms with Crippen LogP contribution in [0.5, 0.6) is 0 Å². The van der Waals surface area contributed by atoms with Crippen molar-refractivity contribution in [3.8, 4) is 0 Å². The summed E-state index contributed by atoms with van der Waals surface area (Å²) in [6.07, 6.45) is 1.79. The lowest BCUT2D eigenvalue weighted by Crippen LogP contribution is -2.19. The van der Waals surface area contributed by atoms with Crippen molar-refractivity contribution in [2.24, 2.45) is 0 Å². The molecule has 0 fully saturated rings. The number of H-pyrrole nitrogens is 1. The van der Waals surface area contributed by atoms with Crippen molar-refractivity contribution in [2.75, 3.05) is 0 Å². The van der Waals surface area contributed by atoms with Gasteiger partial charge in [-0.05, 0) is 25.3 Å². The van der Waals surface area contributed by atoms with Crippen molar-refractivity contribution >= 4 is 17.5 Å². The van der Waals surface area contributed by atoms with E-state index < -0.39 is 0 Å². The van der Waals surface area contributed by atoms with E-state index in [1.165, 1.54) is 17.3 Å². The fourth-order valence-electron chi connectivity index (χ4n) is 2.17. The van der Waals surface area contributed by atoms with Crippen LogP contribution < -0.4 is 5.69 Å². The van der Waals surface area contributed by atoms with Crippen molar-refractivity contribution in [1.29, 1.82) is 0 Å². The summed E-state index contributed by atoms with van der Waals surface area (Å²) in [5.74, 6) is 0.0474. The van der Waals surface area contributed by atoms with Gasteiger partial charge in [-0.3, -0.25) is 9.36 Å². The Labute approximate surface area is 134 Å². The van der Waals surface area contributed by atoms with Crippen LogP contribution in [0.1, 0.15) is 43.1 Å². The second kappa shape index (κ2) is 7.45. The first kappa shape index (κ1) is 16.5. The van der Waals surface area contributed by atoms with Gasteiger partial charge in [0, 0.05) is 12.1 Å². The maximum Gasteiger partial charge on any atom is 0.343 e. The Morgan fingerprint density at radius 3 is 2.59 bits per heavy atom. The average Bonchev–Trinajstić information content (AvgIpc) is 2.88. The molecule has 2 rings (SSSR count). The number of aromatic nitrogens is 3. The number of carbonyl (C=O) groups is 1. The van der Waals surface area contributed by atoms with Gasteiger partial charge in [-0.1, -0.05) is 49.9 Å². The molecule has 0 saturated carbocycles. The normalized spacial score (nSPS) is 12.3. The van der Waals surface area contributed by atoms with Gasteiger partial charge in [0.15, 0.2) is 10.9 Å². The summed E-state index contributed by atoms with van der Waals surface area (Å²) in [7, 11) is 0. The Morgan fingerprint density at radius 2 is 2.00 bits per heavy atom. The number of nitrogens with one attached hydrogen (secondary N) is 1. The molecular weight excluding hydrogens is 298 g/mol. The van der Waals surface area contributed by atoms with Crippen LogP contribution in [0.2, 0.25) is 0 Å². The molecule has 0 aliphatic heterocycles. The van der Waals surface area contributed by atoms with E-state index in [4.69, 9.17) is 0 Å². The van der Waals surface area contributed by atoms with Crippen LogP contribution in [0.15, 0.2) is 34.2 Å². The van der Waals surface area contributed by atoms with Crippen molar-refractivity contribution < 1.29 is 4.79 Å². The minimum Gasteiger partial charge on any atom is -0.293 e. The molecule has 5 nitrogen and oxygen atoms in total. The average molecular weight is 319 g/mol. The highest BCUT2D eigenvalue weighted by Crippen LogP contribution is 2.23. The Balaban J connectivity index is 2.12. The number of aryl methyl sites for hydroxylation is 1. The fourth-order valence-corrected chi connectivity index (χ4v) is 3.12. The smallest absolute Gasteiger partial charge is 0.293 e. The van der Waals surface area contributed by atoms with E-state index in [0.717, 1.165) is 12.8 Å². The standard InChI is InChI=1S/C16H21N3O2S/c1-4-10-19-15(21)17-18-16(19)22-11(3)14(20)13-8-6-12(5-2)7-9-13/h6-9,11H,4-5,10H2,1-3H3,(H,17,21)/t11-/m0/s1. The lowest BCUT2D eigenvalue weighted by molar-refractivity contribution is 0.0994. The zero-order valence-electron chi connectivity index (χ0n) is 13.1. The van der Waals surface area contributed by atoms with E-state index >= 15 is 0 Å². The van der Waals surface area contributed by atoms with Gasteiger partial charge in [0.2, 0.25) is 0 Å². The van der Waals surface area contributed by atoms with Crippen molar-refractivity contribution in [2.45, 2.75) is 50.6 Å². The SMILES string of the molecule is CCCn1c(S[C@@H](C)C(=O)c2ccc(CC)cc2)n[nH]c1=O. The van der Waals surface area contributed by atoms with Gasteiger partial charge in [-0.2, -0.15) is 0 Å². The van der Waals surface area contributed by atoms with E-state index in [2.05, 4.69) is 17.1 Å². The second-order valence-corrected chi connectivity index (χ2v) is 6.45. The first-order valence-electron chi connectivity index (χ1n) is 7.51. The first-order chi connectivity index (χ1) is 10.6. The minimum atomic E-state index is -0.293. The molecule has 1 aromatic carbocycles. The highest BCUT2D eigenvalue weighted by atomic mass is 32.2. The quantitative estimate of drug-likeness (QED) is 0.629. The molecule has 0 spiro atoms. The van der Waals surface area contributed by atoms with Gasteiger partial charge in [0.05, 0.1) is 5.25 Å². The van der Waals surface area contributed by atoms with Crippen molar-refractivity contribution in [3.05, 3.63) is 45.9 Å². The predicted molar refractivity (Wildman–Crippen MR) is 88.6 cm³/mol. The Bertz CT molecular complexity index is 688. The number of rotatable bonds is 7. The van der Waals surface area contributed by atoms with Crippen LogP contribution >= 0.6 is 11.8 Å². The topological polar surface area (TPSA) is 67.8 Å².